The second kappa shape index (κ2) is 2.95. The van der Waals surface area contributed by atoms with Gasteiger partial charge in [-0.25, -0.2) is 0 Å². The summed E-state index contributed by atoms with van der Waals surface area (Å²) < 4.78 is 0. The molecular weight excluding hydrogens is 114 g/mol. The predicted molar refractivity (Wildman–Crippen MR) is 37.2 cm³/mol. The van der Waals surface area contributed by atoms with E-state index in [0.717, 1.165) is 18.8 Å². The van der Waals surface area contributed by atoms with Gasteiger partial charge >= 0.3 is 0 Å². The Kier molecular flexibility index (Phi) is 2.20. The standard InChI is InChI=1S/C7H13NO/c1-2-7(8-9)5-6-3-4-6/h6-7H,2-5H2,1H3/t7-/m1/s1. The smallest absolute Gasteiger partial charge is 0.0919 e. The Bertz CT molecular complexity index is 99.1. The second-order valence-electron chi connectivity index (χ2n) is 2.85. The maximum absolute atomic E-state index is 10.0. The molecule has 0 aromatic rings. The molecule has 0 bridgehead atoms. The molecule has 0 aliphatic heterocycles. The number of hydrogen-bond acceptors (Lipinski definition) is 2. The average Bonchev–Trinajstić information content (AvgIpc) is 2.66. The fourth-order valence-electron chi connectivity index (χ4n) is 1.02. The highest BCUT2D eigenvalue weighted by molar-refractivity contribution is 4.78. The van der Waals surface area contributed by atoms with Crippen LogP contribution in [0.1, 0.15) is 32.6 Å². The summed E-state index contributed by atoms with van der Waals surface area (Å²) in [4.78, 5) is 10.0. The molecule has 1 atom stereocenters. The third kappa shape index (κ3) is 2.12. The molecule has 2 nitrogen and oxygen atoms in total. The van der Waals surface area contributed by atoms with E-state index in [2.05, 4.69) is 5.18 Å². The summed E-state index contributed by atoms with van der Waals surface area (Å²) in [6, 6.07) is 0.109. The first-order valence-electron chi connectivity index (χ1n) is 3.69. The monoisotopic (exact) mass is 127 g/mol. The molecule has 52 valence electrons. The van der Waals surface area contributed by atoms with Crippen molar-refractivity contribution in [1.82, 2.24) is 0 Å². The number of rotatable bonds is 4. The summed E-state index contributed by atoms with van der Waals surface area (Å²) in [5, 5.41) is 3.04. The van der Waals surface area contributed by atoms with Crippen molar-refractivity contribution < 1.29 is 0 Å². The molecule has 2 heteroatoms. The fraction of sp³-hybridized carbons (Fsp3) is 1.00. The van der Waals surface area contributed by atoms with E-state index in [4.69, 9.17) is 0 Å². The molecule has 0 heterocycles. The van der Waals surface area contributed by atoms with Crippen molar-refractivity contribution in [2.24, 2.45) is 11.1 Å². The van der Waals surface area contributed by atoms with Crippen molar-refractivity contribution in [3.8, 4) is 0 Å². The second-order valence-corrected chi connectivity index (χ2v) is 2.85. The van der Waals surface area contributed by atoms with Crippen LogP contribution in [0.2, 0.25) is 0 Å². The molecule has 0 saturated heterocycles. The Labute approximate surface area is 55.6 Å². The minimum Gasteiger partial charge on any atom is -0.151 e. The molecule has 0 aromatic heterocycles. The van der Waals surface area contributed by atoms with Gasteiger partial charge in [0.2, 0.25) is 0 Å². The van der Waals surface area contributed by atoms with Gasteiger partial charge in [-0.15, -0.1) is 0 Å². The van der Waals surface area contributed by atoms with Crippen LogP contribution in [0.25, 0.3) is 0 Å². The topological polar surface area (TPSA) is 29.4 Å². The van der Waals surface area contributed by atoms with Crippen molar-refractivity contribution >= 4 is 0 Å². The first-order valence-corrected chi connectivity index (χ1v) is 3.69. The van der Waals surface area contributed by atoms with Crippen molar-refractivity contribution in [2.75, 3.05) is 0 Å². The minimum absolute atomic E-state index is 0.109. The first-order chi connectivity index (χ1) is 4.36. The Hall–Kier alpha value is -0.400. The van der Waals surface area contributed by atoms with Gasteiger partial charge in [-0.05, 0) is 18.8 Å². The maximum Gasteiger partial charge on any atom is 0.0919 e. The Morgan fingerprint density at radius 2 is 2.33 bits per heavy atom. The summed E-state index contributed by atoms with van der Waals surface area (Å²) >= 11 is 0. The highest BCUT2D eigenvalue weighted by Crippen LogP contribution is 2.34. The zero-order valence-corrected chi connectivity index (χ0v) is 5.84. The van der Waals surface area contributed by atoms with Crippen LogP contribution in [0.5, 0.6) is 0 Å². The fourth-order valence-corrected chi connectivity index (χ4v) is 1.02. The summed E-state index contributed by atoms with van der Waals surface area (Å²) in [6.07, 6.45) is 4.61. The molecule has 1 saturated carbocycles. The van der Waals surface area contributed by atoms with Gasteiger partial charge in [-0.3, -0.25) is 0 Å². The van der Waals surface area contributed by atoms with Crippen LogP contribution < -0.4 is 0 Å². The third-order valence-electron chi connectivity index (χ3n) is 1.92. The Morgan fingerprint density at radius 3 is 2.67 bits per heavy atom. The summed E-state index contributed by atoms with van der Waals surface area (Å²) in [6.45, 7) is 2.02. The van der Waals surface area contributed by atoms with Crippen molar-refractivity contribution in [3.05, 3.63) is 4.91 Å². The van der Waals surface area contributed by atoms with E-state index in [0.29, 0.717) is 0 Å². The molecule has 9 heavy (non-hydrogen) atoms. The van der Waals surface area contributed by atoms with Crippen LogP contribution in [-0.4, -0.2) is 6.04 Å². The quantitative estimate of drug-likeness (QED) is 0.533. The van der Waals surface area contributed by atoms with Crippen molar-refractivity contribution in [3.63, 3.8) is 0 Å². The average molecular weight is 127 g/mol. The summed E-state index contributed by atoms with van der Waals surface area (Å²) in [5.41, 5.74) is 0. The molecule has 0 spiro atoms. The van der Waals surface area contributed by atoms with Gasteiger partial charge in [0.15, 0.2) is 0 Å². The zero-order valence-electron chi connectivity index (χ0n) is 5.84. The minimum atomic E-state index is 0.109. The SMILES string of the molecule is CC[C@H](CC1CC1)N=O. The molecule has 0 aromatic carbocycles. The van der Waals surface area contributed by atoms with Crippen LogP contribution in [0.15, 0.2) is 5.18 Å². The van der Waals surface area contributed by atoms with Crippen molar-refractivity contribution in [2.45, 2.75) is 38.6 Å². The number of nitrogens with zero attached hydrogens (tertiary/aromatic N) is 1. The van der Waals surface area contributed by atoms with E-state index in [1.807, 2.05) is 6.92 Å². The van der Waals surface area contributed by atoms with Gasteiger partial charge in [0.05, 0.1) is 6.04 Å². The van der Waals surface area contributed by atoms with Gasteiger partial charge in [-0.2, -0.15) is 4.91 Å². The molecule has 1 aliphatic rings. The molecule has 1 aliphatic carbocycles. The summed E-state index contributed by atoms with van der Waals surface area (Å²) in [7, 11) is 0. The lowest BCUT2D eigenvalue weighted by atomic mass is 10.1. The van der Waals surface area contributed by atoms with Crippen LogP contribution in [0.3, 0.4) is 0 Å². The molecule has 0 N–H and O–H groups in total. The van der Waals surface area contributed by atoms with Gasteiger partial charge in [0.25, 0.3) is 0 Å². The van der Waals surface area contributed by atoms with Gasteiger partial charge < -0.3 is 0 Å². The Morgan fingerprint density at radius 1 is 1.67 bits per heavy atom. The summed E-state index contributed by atoms with van der Waals surface area (Å²) in [5.74, 6) is 0.840. The van der Waals surface area contributed by atoms with E-state index in [9.17, 15) is 4.91 Å². The molecule has 1 fully saturated rings. The van der Waals surface area contributed by atoms with Crippen LogP contribution in [0.4, 0.5) is 0 Å². The highest BCUT2D eigenvalue weighted by Gasteiger charge is 2.24. The van der Waals surface area contributed by atoms with E-state index in [1.54, 1.807) is 0 Å². The predicted octanol–water partition coefficient (Wildman–Crippen LogP) is 2.33. The van der Waals surface area contributed by atoms with Crippen LogP contribution in [-0.2, 0) is 0 Å². The largest absolute Gasteiger partial charge is 0.151 e. The highest BCUT2D eigenvalue weighted by atomic mass is 16.3. The number of hydrogen-bond donors (Lipinski definition) is 0. The molecule has 1 rings (SSSR count). The first kappa shape index (κ1) is 6.72. The normalized spacial score (nSPS) is 21.4. The number of nitroso groups, excluding NO2 is 1. The van der Waals surface area contributed by atoms with Gasteiger partial charge in [0.1, 0.15) is 0 Å². The van der Waals surface area contributed by atoms with E-state index in [-0.39, 0.29) is 6.04 Å². The van der Waals surface area contributed by atoms with Crippen LogP contribution >= 0.6 is 0 Å². The van der Waals surface area contributed by atoms with Gasteiger partial charge in [0, 0.05) is 0 Å². The molecular formula is C7H13NO. The zero-order chi connectivity index (χ0) is 6.69. The molecule has 0 amide bonds. The lowest BCUT2D eigenvalue weighted by molar-refractivity contribution is 0.554. The van der Waals surface area contributed by atoms with E-state index >= 15 is 0 Å². The molecule has 0 unspecified atom stereocenters. The Balaban J connectivity index is 2.12. The van der Waals surface area contributed by atoms with Crippen molar-refractivity contribution in [1.29, 1.82) is 0 Å². The molecule has 0 radical (unpaired) electrons. The van der Waals surface area contributed by atoms with E-state index < -0.39 is 0 Å². The lowest BCUT2D eigenvalue weighted by Gasteiger charge is -2.01. The lowest BCUT2D eigenvalue weighted by Crippen LogP contribution is -2.01. The maximum atomic E-state index is 10.0. The van der Waals surface area contributed by atoms with Crippen LogP contribution in [0, 0.1) is 10.8 Å². The van der Waals surface area contributed by atoms with Gasteiger partial charge in [-0.1, -0.05) is 24.9 Å². The van der Waals surface area contributed by atoms with E-state index in [1.165, 1.54) is 12.8 Å². The third-order valence-corrected chi connectivity index (χ3v) is 1.92.